The number of carbonyl (C=O) groups excluding carboxylic acids is 1. The molecule has 1 aromatic carbocycles. The average Bonchev–Trinajstić information content (AvgIpc) is 2.10. The van der Waals surface area contributed by atoms with Gasteiger partial charge in [-0.15, -0.1) is 0 Å². The van der Waals surface area contributed by atoms with E-state index in [9.17, 15) is 13.2 Å². The lowest BCUT2D eigenvalue weighted by atomic mass is 10.0. The number of rotatable bonds is 3. The molecule has 0 heterocycles. The summed E-state index contributed by atoms with van der Waals surface area (Å²) in [5.74, 6) is -0.185. The van der Waals surface area contributed by atoms with Gasteiger partial charge in [0.2, 0.25) is 0 Å². The van der Waals surface area contributed by atoms with Crippen LogP contribution in [0.2, 0.25) is 5.02 Å². The van der Waals surface area contributed by atoms with Crippen molar-refractivity contribution in [1.29, 1.82) is 0 Å². The fourth-order valence-corrected chi connectivity index (χ4v) is 2.63. The van der Waals surface area contributed by atoms with Gasteiger partial charge in [0.1, 0.15) is 0 Å². The summed E-state index contributed by atoms with van der Waals surface area (Å²) in [6.45, 7) is 3.15. The Morgan fingerprint density at radius 2 is 1.94 bits per heavy atom. The quantitative estimate of drug-likeness (QED) is 0.784. The average molecular weight is 261 g/mol. The van der Waals surface area contributed by atoms with E-state index in [2.05, 4.69) is 0 Å². The van der Waals surface area contributed by atoms with Crippen LogP contribution in [0.1, 0.15) is 28.4 Å². The van der Waals surface area contributed by atoms with Crippen LogP contribution < -0.4 is 0 Å². The van der Waals surface area contributed by atoms with Crippen LogP contribution >= 0.6 is 11.6 Å². The third-order valence-corrected chi connectivity index (χ3v) is 3.62. The lowest BCUT2D eigenvalue weighted by molar-refractivity contribution is 0.101. The van der Waals surface area contributed by atoms with Crippen molar-refractivity contribution in [2.24, 2.45) is 0 Å². The van der Waals surface area contributed by atoms with E-state index in [1.807, 2.05) is 0 Å². The first-order valence-corrected chi connectivity index (χ1v) is 7.13. The van der Waals surface area contributed by atoms with Crippen molar-refractivity contribution in [3.8, 4) is 0 Å². The van der Waals surface area contributed by atoms with Gasteiger partial charge in [0.05, 0.1) is 10.8 Å². The number of Topliss-reactive ketones (excluding diaryl/α,β-unsaturated/α-hetero) is 1. The van der Waals surface area contributed by atoms with E-state index in [4.69, 9.17) is 11.6 Å². The third kappa shape index (κ3) is 3.06. The molecule has 0 saturated carbocycles. The first-order valence-electron chi connectivity index (χ1n) is 4.69. The van der Waals surface area contributed by atoms with Crippen molar-refractivity contribution in [3.63, 3.8) is 0 Å². The lowest BCUT2D eigenvalue weighted by Crippen LogP contribution is -2.05. The first-order chi connectivity index (χ1) is 7.22. The SMILES string of the molecule is CC(=O)c1ccc(CS(C)(=O)=O)c(C)c1Cl. The molecule has 0 bridgehead atoms. The van der Waals surface area contributed by atoms with Crippen molar-refractivity contribution in [3.05, 3.63) is 33.8 Å². The summed E-state index contributed by atoms with van der Waals surface area (Å²) in [5, 5.41) is 0.341. The zero-order valence-electron chi connectivity index (χ0n) is 9.37. The Kier molecular flexibility index (Phi) is 3.76. The predicted octanol–water partition coefficient (Wildman–Crippen LogP) is 2.40. The molecular weight excluding hydrogens is 248 g/mol. The van der Waals surface area contributed by atoms with Gasteiger partial charge in [-0.05, 0) is 31.0 Å². The number of sulfone groups is 1. The lowest BCUT2D eigenvalue weighted by Gasteiger charge is -2.09. The predicted molar refractivity (Wildman–Crippen MR) is 64.7 cm³/mol. The van der Waals surface area contributed by atoms with Gasteiger partial charge in [-0.1, -0.05) is 17.7 Å². The van der Waals surface area contributed by atoms with Crippen LogP contribution in [0.25, 0.3) is 0 Å². The molecule has 16 heavy (non-hydrogen) atoms. The van der Waals surface area contributed by atoms with E-state index in [0.29, 0.717) is 21.7 Å². The standard InChI is InChI=1S/C11H13ClO3S/c1-7-9(6-16(3,14)15)4-5-10(8(2)13)11(7)12/h4-5H,6H2,1-3H3. The third-order valence-electron chi connectivity index (χ3n) is 2.30. The molecule has 0 radical (unpaired) electrons. The largest absolute Gasteiger partial charge is 0.294 e. The van der Waals surface area contributed by atoms with Gasteiger partial charge in [-0.3, -0.25) is 4.79 Å². The van der Waals surface area contributed by atoms with Crippen LogP contribution in [0.15, 0.2) is 12.1 Å². The highest BCUT2D eigenvalue weighted by molar-refractivity contribution is 7.89. The molecular formula is C11H13ClO3S. The fourth-order valence-electron chi connectivity index (χ4n) is 1.44. The van der Waals surface area contributed by atoms with Crippen molar-refractivity contribution in [2.75, 3.05) is 6.26 Å². The molecule has 3 nitrogen and oxygen atoms in total. The molecule has 5 heteroatoms. The zero-order chi connectivity index (χ0) is 12.5. The maximum Gasteiger partial charge on any atom is 0.161 e. The van der Waals surface area contributed by atoms with Crippen molar-refractivity contribution < 1.29 is 13.2 Å². The molecule has 0 unspecified atom stereocenters. The van der Waals surface area contributed by atoms with E-state index < -0.39 is 9.84 Å². The van der Waals surface area contributed by atoms with Crippen LogP contribution in [0, 0.1) is 6.92 Å². The number of ketones is 1. The summed E-state index contributed by atoms with van der Waals surface area (Å²) in [6.07, 6.45) is 1.17. The summed E-state index contributed by atoms with van der Waals surface area (Å²) < 4.78 is 22.3. The van der Waals surface area contributed by atoms with Crippen LogP contribution in [0.5, 0.6) is 0 Å². The Morgan fingerprint density at radius 1 is 1.38 bits per heavy atom. The Hall–Kier alpha value is -0.870. The normalized spacial score (nSPS) is 11.5. The minimum absolute atomic E-state index is 0.0588. The fraction of sp³-hybridized carbons (Fsp3) is 0.364. The smallest absolute Gasteiger partial charge is 0.161 e. The minimum atomic E-state index is -3.09. The Morgan fingerprint density at radius 3 is 2.38 bits per heavy atom. The molecule has 0 aliphatic carbocycles. The van der Waals surface area contributed by atoms with E-state index in [-0.39, 0.29) is 11.5 Å². The van der Waals surface area contributed by atoms with Gasteiger partial charge in [0, 0.05) is 11.8 Å². The molecule has 0 atom stereocenters. The number of hydrogen-bond acceptors (Lipinski definition) is 3. The number of benzene rings is 1. The minimum Gasteiger partial charge on any atom is -0.294 e. The zero-order valence-corrected chi connectivity index (χ0v) is 10.9. The number of carbonyl (C=O) groups is 1. The van der Waals surface area contributed by atoms with Crippen molar-refractivity contribution in [2.45, 2.75) is 19.6 Å². The summed E-state index contributed by atoms with van der Waals surface area (Å²) in [5.41, 5.74) is 1.72. The molecule has 0 aliphatic rings. The van der Waals surface area contributed by atoms with Gasteiger partial charge in [0.25, 0.3) is 0 Å². The first kappa shape index (κ1) is 13.2. The highest BCUT2D eigenvalue weighted by Crippen LogP contribution is 2.25. The molecule has 0 saturated heterocycles. The second kappa shape index (κ2) is 4.55. The molecule has 88 valence electrons. The van der Waals surface area contributed by atoms with Crippen LogP contribution in [0.3, 0.4) is 0 Å². The van der Waals surface area contributed by atoms with Crippen LogP contribution in [-0.2, 0) is 15.6 Å². The molecule has 0 spiro atoms. The summed E-state index contributed by atoms with van der Waals surface area (Å²) in [4.78, 5) is 11.2. The Balaban J connectivity index is 3.28. The van der Waals surface area contributed by atoms with Crippen molar-refractivity contribution in [1.82, 2.24) is 0 Å². The molecule has 1 rings (SSSR count). The Bertz CT molecular complexity index is 532. The highest BCUT2D eigenvalue weighted by atomic mass is 35.5. The van der Waals surface area contributed by atoms with Gasteiger partial charge < -0.3 is 0 Å². The Labute approximate surface area is 100 Å². The summed E-state index contributed by atoms with van der Waals surface area (Å²) in [6, 6.07) is 3.21. The van der Waals surface area contributed by atoms with E-state index in [1.165, 1.54) is 13.2 Å². The molecule has 1 aromatic rings. The van der Waals surface area contributed by atoms with E-state index in [1.54, 1.807) is 19.1 Å². The number of halogens is 1. The molecule has 0 aliphatic heterocycles. The monoisotopic (exact) mass is 260 g/mol. The van der Waals surface area contributed by atoms with Gasteiger partial charge >= 0.3 is 0 Å². The van der Waals surface area contributed by atoms with E-state index in [0.717, 1.165) is 0 Å². The van der Waals surface area contributed by atoms with Gasteiger partial charge in [0.15, 0.2) is 15.6 Å². The van der Waals surface area contributed by atoms with Gasteiger partial charge in [-0.25, -0.2) is 8.42 Å². The van der Waals surface area contributed by atoms with Crippen LogP contribution in [-0.4, -0.2) is 20.5 Å². The maximum absolute atomic E-state index is 11.2. The highest BCUT2D eigenvalue weighted by Gasteiger charge is 2.14. The second-order valence-electron chi connectivity index (χ2n) is 3.84. The van der Waals surface area contributed by atoms with Gasteiger partial charge in [-0.2, -0.15) is 0 Å². The second-order valence-corrected chi connectivity index (χ2v) is 6.36. The maximum atomic E-state index is 11.2. The van der Waals surface area contributed by atoms with E-state index >= 15 is 0 Å². The number of hydrogen-bond donors (Lipinski definition) is 0. The topological polar surface area (TPSA) is 51.2 Å². The molecule has 0 amide bonds. The summed E-state index contributed by atoms with van der Waals surface area (Å²) in [7, 11) is -3.09. The molecule has 0 aromatic heterocycles. The summed E-state index contributed by atoms with van der Waals surface area (Å²) >= 11 is 6.01. The molecule has 0 fully saturated rings. The van der Waals surface area contributed by atoms with Crippen LogP contribution in [0.4, 0.5) is 0 Å². The molecule has 0 N–H and O–H groups in total. The van der Waals surface area contributed by atoms with Crippen molar-refractivity contribution >= 4 is 27.2 Å².